The summed E-state index contributed by atoms with van der Waals surface area (Å²) in [6.45, 7) is 8.91. The molecule has 2 aliphatic heterocycles. The molecule has 25 heavy (non-hydrogen) atoms. The quantitative estimate of drug-likeness (QED) is 0.855. The van der Waals surface area contributed by atoms with Crippen LogP contribution < -0.4 is 0 Å². The van der Waals surface area contributed by atoms with Crippen LogP contribution >= 0.6 is 0 Å². The van der Waals surface area contributed by atoms with Crippen LogP contribution in [0.3, 0.4) is 0 Å². The molecule has 134 valence electrons. The summed E-state index contributed by atoms with van der Waals surface area (Å²) < 4.78 is 12.0. The summed E-state index contributed by atoms with van der Waals surface area (Å²) in [5.41, 5.74) is 1.28. The molecule has 2 fully saturated rings. The first kappa shape index (κ1) is 16.8. The van der Waals surface area contributed by atoms with Gasteiger partial charge in [-0.15, -0.1) is 0 Å². The molecule has 5 heteroatoms. The Morgan fingerprint density at radius 1 is 1.12 bits per heavy atom. The van der Waals surface area contributed by atoms with Crippen molar-refractivity contribution in [3.05, 3.63) is 53.7 Å². The van der Waals surface area contributed by atoms with Crippen molar-refractivity contribution in [3.63, 3.8) is 0 Å². The van der Waals surface area contributed by atoms with Crippen LogP contribution in [0, 0.1) is 12.8 Å². The molecule has 0 unspecified atom stereocenters. The number of pyridine rings is 1. The van der Waals surface area contributed by atoms with E-state index in [1.54, 1.807) is 0 Å². The van der Waals surface area contributed by atoms with E-state index in [9.17, 15) is 0 Å². The van der Waals surface area contributed by atoms with Gasteiger partial charge in [-0.25, -0.2) is 0 Å². The number of likely N-dealkylation sites (tertiary alicyclic amines) is 1. The maximum Gasteiger partial charge on any atom is 0.118 e. The van der Waals surface area contributed by atoms with Gasteiger partial charge in [-0.2, -0.15) is 0 Å². The van der Waals surface area contributed by atoms with Crippen molar-refractivity contribution in [1.82, 2.24) is 14.8 Å². The van der Waals surface area contributed by atoms with Crippen LogP contribution in [0.15, 0.2) is 41.1 Å². The normalized spacial score (nSPS) is 25.5. The van der Waals surface area contributed by atoms with E-state index in [4.69, 9.17) is 9.15 Å². The van der Waals surface area contributed by atoms with E-state index in [0.29, 0.717) is 12.0 Å². The fourth-order valence-corrected chi connectivity index (χ4v) is 4.01. The third-order valence-electron chi connectivity index (χ3n) is 5.32. The highest BCUT2D eigenvalue weighted by atomic mass is 16.5. The number of nitrogens with zero attached hydrogens (tertiary/aromatic N) is 3. The summed E-state index contributed by atoms with van der Waals surface area (Å²) in [4.78, 5) is 9.22. The lowest BCUT2D eigenvalue weighted by molar-refractivity contribution is -0.0256. The van der Waals surface area contributed by atoms with Crippen LogP contribution in [0.1, 0.15) is 23.5 Å². The van der Waals surface area contributed by atoms with Crippen LogP contribution in [0.2, 0.25) is 0 Å². The highest BCUT2D eigenvalue weighted by Gasteiger charge is 2.33. The maximum absolute atomic E-state index is 6.22. The smallest absolute Gasteiger partial charge is 0.118 e. The van der Waals surface area contributed by atoms with E-state index < -0.39 is 0 Å². The molecular weight excluding hydrogens is 314 g/mol. The fourth-order valence-electron chi connectivity index (χ4n) is 4.01. The lowest BCUT2D eigenvalue weighted by Crippen LogP contribution is -2.46. The van der Waals surface area contributed by atoms with Crippen molar-refractivity contribution in [1.29, 1.82) is 0 Å². The first-order valence-electron chi connectivity index (χ1n) is 9.27. The minimum absolute atomic E-state index is 0.337. The number of hydrogen-bond donors (Lipinski definition) is 0. The van der Waals surface area contributed by atoms with Gasteiger partial charge in [0.1, 0.15) is 11.5 Å². The summed E-state index contributed by atoms with van der Waals surface area (Å²) in [6.07, 6.45) is 5.33. The summed E-state index contributed by atoms with van der Waals surface area (Å²) in [5, 5.41) is 0. The second-order valence-corrected chi connectivity index (χ2v) is 7.30. The number of aryl methyl sites for hydroxylation is 1. The first-order chi connectivity index (χ1) is 12.3. The SMILES string of the molecule is Cc1ccc(CN2CC[C@@H]3CN(Cc4cccnc4)CCO[C@@H]3C2)o1. The number of fused-ring (bicyclic) bond motifs is 1. The number of furan rings is 1. The predicted octanol–water partition coefficient (Wildman–Crippen LogP) is 2.71. The Morgan fingerprint density at radius 3 is 2.84 bits per heavy atom. The molecule has 0 amide bonds. The Balaban J connectivity index is 1.34. The standard InChI is InChI=1S/C20H27N3O2/c1-16-4-5-19(25-16)14-22-8-6-18-13-23(9-10-24-20(18)15-22)12-17-3-2-7-21-11-17/h2-5,7,11,18,20H,6,8-10,12-15H2,1H3/t18-,20-/m1/s1. The van der Waals surface area contributed by atoms with Crippen LogP contribution in [-0.4, -0.2) is 53.7 Å². The van der Waals surface area contributed by atoms with Crippen molar-refractivity contribution >= 4 is 0 Å². The van der Waals surface area contributed by atoms with Crippen LogP contribution in [0.4, 0.5) is 0 Å². The summed E-state index contributed by atoms with van der Waals surface area (Å²) >= 11 is 0. The van der Waals surface area contributed by atoms with Crippen molar-refractivity contribution < 1.29 is 9.15 Å². The molecule has 2 atom stereocenters. The molecule has 4 rings (SSSR count). The molecule has 4 heterocycles. The Hall–Kier alpha value is -1.69. The molecule has 0 bridgehead atoms. The first-order valence-corrected chi connectivity index (χ1v) is 9.27. The van der Waals surface area contributed by atoms with E-state index in [1.807, 2.05) is 31.5 Å². The van der Waals surface area contributed by atoms with E-state index in [2.05, 4.69) is 26.9 Å². The van der Waals surface area contributed by atoms with E-state index in [-0.39, 0.29) is 0 Å². The van der Waals surface area contributed by atoms with Gasteiger partial charge in [0.15, 0.2) is 0 Å². The molecule has 0 saturated carbocycles. The zero-order chi connectivity index (χ0) is 17.1. The van der Waals surface area contributed by atoms with Gasteiger partial charge < -0.3 is 9.15 Å². The Kier molecular flexibility index (Phi) is 5.15. The third kappa shape index (κ3) is 4.29. The molecule has 2 aromatic rings. The highest BCUT2D eigenvalue weighted by Crippen LogP contribution is 2.26. The van der Waals surface area contributed by atoms with Gasteiger partial charge in [0, 0.05) is 44.5 Å². The monoisotopic (exact) mass is 341 g/mol. The van der Waals surface area contributed by atoms with E-state index in [1.165, 1.54) is 12.0 Å². The van der Waals surface area contributed by atoms with Gasteiger partial charge in [-0.3, -0.25) is 14.8 Å². The van der Waals surface area contributed by atoms with E-state index >= 15 is 0 Å². The average Bonchev–Trinajstić information content (AvgIpc) is 2.91. The zero-order valence-electron chi connectivity index (χ0n) is 14.9. The van der Waals surface area contributed by atoms with Gasteiger partial charge in [0.2, 0.25) is 0 Å². The Morgan fingerprint density at radius 2 is 2.04 bits per heavy atom. The van der Waals surface area contributed by atoms with Crippen molar-refractivity contribution in [2.24, 2.45) is 5.92 Å². The number of hydrogen-bond acceptors (Lipinski definition) is 5. The Labute approximate surface area is 149 Å². The van der Waals surface area contributed by atoms with Gasteiger partial charge in [0.05, 0.1) is 19.3 Å². The number of rotatable bonds is 4. The number of piperidine rings is 1. The topological polar surface area (TPSA) is 41.7 Å². The Bertz CT molecular complexity index is 673. The number of ether oxygens (including phenoxy) is 1. The summed E-state index contributed by atoms with van der Waals surface area (Å²) in [6, 6.07) is 8.30. The van der Waals surface area contributed by atoms with Gasteiger partial charge >= 0.3 is 0 Å². The lowest BCUT2D eigenvalue weighted by atomic mass is 9.93. The third-order valence-corrected chi connectivity index (χ3v) is 5.32. The molecule has 0 aliphatic carbocycles. The molecular formula is C20H27N3O2. The van der Waals surface area contributed by atoms with E-state index in [0.717, 1.165) is 57.4 Å². The van der Waals surface area contributed by atoms with Crippen LogP contribution in [0.5, 0.6) is 0 Å². The van der Waals surface area contributed by atoms with Crippen molar-refractivity contribution in [2.75, 3.05) is 32.8 Å². The molecule has 0 spiro atoms. The van der Waals surface area contributed by atoms with Gasteiger partial charge in [-0.1, -0.05) is 6.07 Å². The summed E-state index contributed by atoms with van der Waals surface area (Å²) in [7, 11) is 0. The lowest BCUT2D eigenvalue weighted by Gasteiger charge is -2.37. The molecule has 0 N–H and O–H groups in total. The van der Waals surface area contributed by atoms with Crippen LogP contribution in [0.25, 0.3) is 0 Å². The highest BCUT2D eigenvalue weighted by molar-refractivity contribution is 5.08. The second-order valence-electron chi connectivity index (χ2n) is 7.30. The zero-order valence-corrected chi connectivity index (χ0v) is 14.9. The summed E-state index contributed by atoms with van der Waals surface area (Å²) in [5.74, 6) is 2.66. The van der Waals surface area contributed by atoms with Gasteiger partial charge in [-0.05, 0) is 43.7 Å². The molecule has 2 aromatic heterocycles. The minimum Gasteiger partial charge on any atom is -0.465 e. The maximum atomic E-state index is 6.22. The second kappa shape index (κ2) is 7.68. The minimum atomic E-state index is 0.337. The van der Waals surface area contributed by atoms with Gasteiger partial charge in [0.25, 0.3) is 0 Å². The van der Waals surface area contributed by atoms with Crippen molar-refractivity contribution in [2.45, 2.75) is 32.5 Å². The largest absolute Gasteiger partial charge is 0.465 e. The predicted molar refractivity (Wildman–Crippen MR) is 96.1 cm³/mol. The molecule has 0 aromatic carbocycles. The molecule has 2 aliphatic rings. The molecule has 0 radical (unpaired) electrons. The fraction of sp³-hybridized carbons (Fsp3) is 0.550. The molecule has 2 saturated heterocycles. The average molecular weight is 341 g/mol. The molecule has 5 nitrogen and oxygen atoms in total. The number of aromatic nitrogens is 1. The van der Waals surface area contributed by atoms with Crippen LogP contribution in [-0.2, 0) is 17.8 Å². The van der Waals surface area contributed by atoms with Crippen molar-refractivity contribution in [3.8, 4) is 0 Å².